The predicted octanol–water partition coefficient (Wildman–Crippen LogP) is 6.33. The Morgan fingerprint density at radius 2 is 1.81 bits per heavy atom. The average Bonchev–Trinajstić information content (AvgIpc) is 3.68. The number of nitrogens with one attached hydrogen (secondary N) is 4. The van der Waals surface area contributed by atoms with E-state index < -0.39 is 15.8 Å². The smallest absolute Gasteiger partial charge is 0.224 e. The number of anilines is 1. The van der Waals surface area contributed by atoms with Gasteiger partial charge in [-0.3, -0.25) is 19.9 Å². The Bertz CT molecular complexity index is 2220. The number of nitrogens with zero attached hydrogens (tertiary/aromatic N) is 4. The summed E-state index contributed by atoms with van der Waals surface area (Å²) in [5.41, 5.74) is 6.34. The zero-order valence-corrected chi connectivity index (χ0v) is 26.5. The molecular formula is C34H33FN8O3S. The molecule has 0 aliphatic heterocycles. The minimum absolute atomic E-state index is 0.0159. The van der Waals surface area contributed by atoms with E-state index in [0.717, 1.165) is 41.1 Å². The third kappa shape index (κ3) is 6.91. The number of H-pyrrole nitrogens is 2. The monoisotopic (exact) mass is 652 g/mol. The number of hydrogen-bond donors (Lipinski definition) is 4. The molecule has 1 aliphatic carbocycles. The highest BCUT2D eigenvalue weighted by atomic mass is 32.2. The van der Waals surface area contributed by atoms with E-state index in [1.807, 2.05) is 24.3 Å². The number of aromatic nitrogens is 6. The van der Waals surface area contributed by atoms with Gasteiger partial charge in [0.2, 0.25) is 15.9 Å². The van der Waals surface area contributed by atoms with Crippen molar-refractivity contribution in [2.24, 2.45) is 5.92 Å². The summed E-state index contributed by atoms with van der Waals surface area (Å²) in [6.45, 7) is -0.0573. The molecule has 4 heterocycles. The zero-order chi connectivity index (χ0) is 32.5. The molecular weight excluding hydrogens is 619 g/mol. The first-order valence-corrected chi connectivity index (χ1v) is 17.4. The van der Waals surface area contributed by atoms with Crippen molar-refractivity contribution in [1.82, 2.24) is 34.9 Å². The number of imidazole rings is 1. The van der Waals surface area contributed by atoms with Crippen molar-refractivity contribution in [1.29, 1.82) is 0 Å². The summed E-state index contributed by atoms with van der Waals surface area (Å²) < 4.78 is 40.2. The maximum Gasteiger partial charge on any atom is 0.224 e. The summed E-state index contributed by atoms with van der Waals surface area (Å²) in [7, 11) is -3.46. The second kappa shape index (κ2) is 12.6. The van der Waals surface area contributed by atoms with Crippen LogP contribution in [-0.4, -0.2) is 50.7 Å². The van der Waals surface area contributed by atoms with Gasteiger partial charge in [0, 0.05) is 41.9 Å². The van der Waals surface area contributed by atoms with Gasteiger partial charge < -0.3 is 10.3 Å². The van der Waals surface area contributed by atoms with Gasteiger partial charge in [-0.1, -0.05) is 25.3 Å². The quantitative estimate of drug-likeness (QED) is 0.142. The van der Waals surface area contributed by atoms with Crippen molar-refractivity contribution in [3.63, 3.8) is 0 Å². The molecule has 11 nitrogen and oxygen atoms in total. The van der Waals surface area contributed by atoms with E-state index in [1.54, 1.807) is 30.7 Å². The lowest BCUT2D eigenvalue weighted by atomic mass is 9.87. The number of aromatic amines is 2. The first kappa shape index (κ1) is 30.6. The van der Waals surface area contributed by atoms with Gasteiger partial charge in [0.1, 0.15) is 17.0 Å². The first-order valence-electron chi connectivity index (χ1n) is 15.5. The molecule has 1 saturated carbocycles. The number of rotatable bonds is 9. The number of hydrogen-bond acceptors (Lipinski definition) is 7. The molecule has 2 aromatic carbocycles. The minimum Gasteiger partial charge on any atom is -0.336 e. The maximum absolute atomic E-state index is 14.6. The van der Waals surface area contributed by atoms with E-state index in [4.69, 9.17) is 4.98 Å². The number of halogens is 1. The Balaban J connectivity index is 1.18. The fraction of sp³-hybridized carbons (Fsp3) is 0.265. The molecule has 4 N–H and O–H groups in total. The van der Waals surface area contributed by atoms with E-state index in [-0.39, 0.29) is 12.5 Å². The molecule has 7 rings (SSSR count). The van der Waals surface area contributed by atoms with Crippen LogP contribution in [0.1, 0.15) is 44.1 Å². The Hall–Kier alpha value is -5.01. The van der Waals surface area contributed by atoms with Gasteiger partial charge in [-0.15, -0.1) is 0 Å². The summed E-state index contributed by atoms with van der Waals surface area (Å²) >= 11 is 0. The van der Waals surface area contributed by atoms with Crippen LogP contribution in [0.4, 0.5) is 10.1 Å². The highest BCUT2D eigenvalue weighted by Gasteiger charge is 2.19. The van der Waals surface area contributed by atoms with Crippen LogP contribution in [0.5, 0.6) is 0 Å². The van der Waals surface area contributed by atoms with Crippen LogP contribution in [-0.2, 0) is 21.4 Å². The summed E-state index contributed by atoms with van der Waals surface area (Å²) in [5, 5.41) is 11.5. The second-order valence-corrected chi connectivity index (χ2v) is 14.0. The lowest BCUT2D eigenvalue weighted by molar-refractivity contribution is -0.117. The van der Waals surface area contributed by atoms with Crippen molar-refractivity contribution < 1.29 is 17.6 Å². The number of fused-ring (bicyclic) bond motifs is 2. The molecule has 6 aromatic rings. The van der Waals surface area contributed by atoms with Crippen LogP contribution in [0, 0.1) is 11.7 Å². The number of amides is 1. The van der Waals surface area contributed by atoms with Gasteiger partial charge >= 0.3 is 0 Å². The number of carbonyl (C=O) groups excluding carboxylic acids is 1. The normalized spacial score (nSPS) is 14.2. The van der Waals surface area contributed by atoms with Gasteiger partial charge in [0.15, 0.2) is 5.82 Å². The Morgan fingerprint density at radius 3 is 2.64 bits per heavy atom. The molecule has 47 heavy (non-hydrogen) atoms. The predicted molar refractivity (Wildman–Crippen MR) is 179 cm³/mol. The molecule has 1 fully saturated rings. The molecule has 0 bridgehead atoms. The highest BCUT2D eigenvalue weighted by Crippen LogP contribution is 2.33. The number of pyridine rings is 2. The molecule has 1 aliphatic rings. The molecule has 1 amide bonds. The van der Waals surface area contributed by atoms with Crippen LogP contribution in [0.3, 0.4) is 0 Å². The fourth-order valence-corrected chi connectivity index (χ4v) is 6.70. The van der Waals surface area contributed by atoms with E-state index in [0.29, 0.717) is 57.4 Å². The third-order valence-electron chi connectivity index (χ3n) is 8.51. The van der Waals surface area contributed by atoms with Gasteiger partial charge in [-0.2, -0.15) is 5.10 Å². The fourth-order valence-electron chi connectivity index (χ4n) is 6.27. The summed E-state index contributed by atoms with van der Waals surface area (Å²) in [6, 6.07) is 13.9. The molecule has 0 spiro atoms. The average molecular weight is 653 g/mol. The number of benzene rings is 2. The molecule has 0 radical (unpaired) electrons. The van der Waals surface area contributed by atoms with Crippen LogP contribution < -0.4 is 10.0 Å². The minimum atomic E-state index is -3.46. The van der Waals surface area contributed by atoms with Crippen molar-refractivity contribution in [2.45, 2.75) is 45.1 Å². The molecule has 0 unspecified atom stereocenters. The summed E-state index contributed by atoms with van der Waals surface area (Å²) in [5.74, 6) is 0.440. The maximum atomic E-state index is 14.6. The lowest BCUT2D eigenvalue weighted by Gasteiger charge is -2.20. The summed E-state index contributed by atoms with van der Waals surface area (Å²) in [6.07, 6.45) is 12.5. The topological polar surface area (TPSA) is 158 Å². The van der Waals surface area contributed by atoms with Crippen molar-refractivity contribution in [3.05, 3.63) is 78.5 Å². The Labute approximate surface area is 270 Å². The van der Waals surface area contributed by atoms with Crippen molar-refractivity contribution in [2.75, 3.05) is 11.6 Å². The Morgan fingerprint density at radius 1 is 0.957 bits per heavy atom. The molecule has 240 valence electrons. The van der Waals surface area contributed by atoms with Crippen LogP contribution >= 0.6 is 0 Å². The van der Waals surface area contributed by atoms with Gasteiger partial charge in [-0.25, -0.2) is 22.5 Å². The highest BCUT2D eigenvalue weighted by molar-refractivity contribution is 7.88. The second-order valence-electron chi connectivity index (χ2n) is 12.1. The van der Waals surface area contributed by atoms with Crippen LogP contribution in [0.25, 0.3) is 55.8 Å². The SMILES string of the molecule is CS(=O)(=O)NCc1cc(F)cc(-c2nccc3[nH]c(-c4n[nH]c5ccc(-c6cncc(NC(=O)CC7CCCCC7)c6)cc45)nc23)c1. The van der Waals surface area contributed by atoms with E-state index in [1.165, 1.54) is 31.4 Å². The Kier molecular flexibility index (Phi) is 8.24. The van der Waals surface area contributed by atoms with E-state index >= 15 is 0 Å². The first-order chi connectivity index (χ1) is 22.7. The van der Waals surface area contributed by atoms with Crippen LogP contribution in [0.2, 0.25) is 0 Å². The molecule has 0 atom stereocenters. The molecule has 0 saturated heterocycles. The largest absolute Gasteiger partial charge is 0.336 e. The third-order valence-corrected chi connectivity index (χ3v) is 9.18. The summed E-state index contributed by atoms with van der Waals surface area (Å²) in [4.78, 5) is 29.8. The number of carbonyl (C=O) groups is 1. The standard InChI is InChI=1S/C34H33FN8O3S/c1-47(45,46)38-17-21-11-23(14-25(35)12-21)31-33-29(9-10-37-31)40-34(41-33)32-27-16-22(7-8-28(27)42-43-32)24-15-26(19-36-18-24)39-30(44)13-20-5-3-2-4-6-20/h7-12,14-16,18-20,38H,2-6,13,17H2,1H3,(H,39,44)(H,40,41)(H,42,43). The molecule has 13 heteroatoms. The van der Waals surface area contributed by atoms with E-state index in [2.05, 4.69) is 35.2 Å². The number of sulfonamides is 1. The lowest BCUT2D eigenvalue weighted by Crippen LogP contribution is -2.21. The van der Waals surface area contributed by atoms with Gasteiger partial charge in [-0.05, 0) is 72.4 Å². The van der Waals surface area contributed by atoms with E-state index in [9.17, 15) is 17.6 Å². The zero-order valence-electron chi connectivity index (χ0n) is 25.7. The van der Waals surface area contributed by atoms with Gasteiger partial charge in [0.05, 0.1) is 34.9 Å². The van der Waals surface area contributed by atoms with Crippen LogP contribution in [0.15, 0.2) is 67.1 Å². The van der Waals surface area contributed by atoms with Gasteiger partial charge in [0.25, 0.3) is 0 Å². The van der Waals surface area contributed by atoms with Crippen molar-refractivity contribution in [3.8, 4) is 33.9 Å². The van der Waals surface area contributed by atoms with Crippen molar-refractivity contribution >= 4 is 43.6 Å². The molecule has 4 aromatic heterocycles.